The lowest BCUT2D eigenvalue weighted by atomic mass is 10.0. The molecule has 0 heterocycles. The zero-order chi connectivity index (χ0) is 11.1. The average molecular weight is 218 g/mol. The first kappa shape index (κ1) is 12.1. The zero-order valence-corrected chi connectivity index (χ0v) is 10.3. The van der Waals surface area contributed by atoms with Gasteiger partial charge < -0.3 is 0 Å². The summed E-state index contributed by atoms with van der Waals surface area (Å²) in [6, 6.07) is 8.62. The number of rotatable bonds is 5. The summed E-state index contributed by atoms with van der Waals surface area (Å²) in [6.45, 7) is 5.97. The van der Waals surface area contributed by atoms with Gasteiger partial charge in [0.05, 0.1) is 0 Å². The summed E-state index contributed by atoms with van der Waals surface area (Å²) >= 11 is 1.78. The van der Waals surface area contributed by atoms with E-state index in [0.717, 1.165) is 6.42 Å². The molecule has 1 aromatic carbocycles. The maximum Gasteiger partial charge on any atom is 0.0144 e. The molecule has 1 aromatic rings. The Hall–Kier alpha value is -0.950. The van der Waals surface area contributed by atoms with Crippen LogP contribution in [0.5, 0.6) is 0 Å². The van der Waals surface area contributed by atoms with Crippen LogP contribution in [0.25, 0.3) is 4.91 Å². The minimum Gasteiger partial charge on any atom is -0.129 e. The van der Waals surface area contributed by atoms with Crippen molar-refractivity contribution in [2.24, 2.45) is 0 Å². The molecule has 0 spiro atoms. The van der Waals surface area contributed by atoms with Crippen molar-refractivity contribution in [1.82, 2.24) is 0 Å². The normalized spacial score (nSPS) is 11.5. The zero-order valence-electron chi connectivity index (χ0n) is 9.49. The summed E-state index contributed by atoms with van der Waals surface area (Å²) in [5, 5.41) is 0. The van der Waals surface area contributed by atoms with E-state index < -0.39 is 0 Å². The van der Waals surface area contributed by atoms with Crippen molar-refractivity contribution in [3.63, 3.8) is 0 Å². The van der Waals surface area contributed by atoms with Crippen molar-refractivity contribution < 1.29 is 0 Å². The van der Waals surface area contributed by atoms with Crippen LogP contribution in [0.1, 0.15) is 24.5 Å². The van der Waals surface area contributed by atoms with E-state index in [0.29, 0.717) is 0 Å². The molecule has 1 heteroatoms. The van der Waals surface area contributed by atoms with Crippen molar-refractivity contribution in [2.75, 3.05) is 6.26 Å². The van der Waals surface area contributed by atoms with Crippen LogP contribution in [-0.4, -0.2) is 6.26 Å². The van der Waals surface area contributed by atoms with Gasteiger partial charge in [0.15, 0.2) is 0 Å². The summed E-state index contributed by atoms with van der Waals surface area (Å²) < 4.78 is 0. The van der Waals surface area contributed by atoms with E-state index in [1.54, 1.807) is 11.8 Å². The summed E-state index contributed by atoms with van der Waals surface area (Å²) in [5.74, 6) is 0. The molecule has 0 fully saturated rings. The van der Waals surface area contributed by atoms with Gasteiger partial charge in [-0.25, -0.2) is 0 Å². The van der Waals surface area contributed by atoms with Gasteiger partial charge in [0.25, 0.3) is 0 Å². The smallest absolute Gasteiger partial charge is 0.0144 e. The number of allylic oxidation sites excluding steroid dienone is 2. The molecule has 0 aromatic heterocycles. The van der Waals surface area contributed by atoms with E-state index in [1.165, 1.54) is 22.5 Å². The van der Waals surface area contributed by atoms with Crippen LogP contribution in [0.4, 0.5) is 0 Å². The van der Waals surface area contributed by atoms with E-state index >= 15 is 0 Å². The van der Waals surface area contributed by atoms with Gasteiger partial charge in [0, 0.05) is 4.91 Å². The minimum absolute atomic E-state index is 1.14. The number of thioether (sulfide) groups is 1. The molecule has 0 nitrogen and oxygen atoms in total. The van der Waals surface area contributed by atoms with Gasteiger partial charge >= 0.3 is 0 Å². The lowest BCUT2D eigenvalue weighted by molar-refractivity contribution is 0.919. The first-order chi connectivity index (χ1) is 7.33. The molecule has 0 amide bonds. The summed E-state index contributed by atoms with van der Waals surface area (Å²) in [7, 11) is 0. The van der Waals surface area contributed by atoms with E-state index in [9.17, 15) is 0 Å². The van der Waals surface area contributed by atoms with Crippen molar-refractivity contribution in [2.45, 2.75) is 19.8 Å². The van der Waals surface area contributed by atoms with Crippen LogP contribution in [0.2, 0.25) is 0 Å². The molecule has 0 bridgehead atoms. The van der Waals surface area contributed by atoms with E-state index in [-0.39, 0.29) is 0 Å². The van der Waals surface area contributed by atoms with Gasteiger partial charge in [-0.05, 0) is 29.9 Å². The van der Waals surface area contributed by atoms with E-state index in [2.05, 4.69) is 50.1 Å². The van der Waals surface area contributed by atoms with Crippen molar-refractivity contribution in [1.29, 1.82) is 0 Å². The molecule has 15 heavy (non-hydrogen) atoms. The van der Waals surface area contributed by atoms with Crippen molar-refractivity contribution >= 4 is 16.7 Å². The molecule has 80 valence electrons. The average Bonchev–Trinajstić information content (AvgIpc) is 2.27. The third kappa shape index (κ3) is 3.28. The number of benzene rings is 1. The minimum atomic E-state index is 1.14. The fraction of sp³-hybridized carbons (Fsp3) is 0.286. The molecule has 0 aliphatic carbocycles. The number of aryl methyl sites for hydroxylation is 1. The lowest BCUT2D eigenvalue weighted by Crippen LogP contribution is -1.90. The quantitative estimate of drug-likeness (QED) is 0.654. The van der Waals surface area contributed by atoms with Crippen LogP contribution in [0.3, 0.4) is 0 Å². The fourth-order valence-corrected chi connectivity index (χ4v) is 2.27. The third-order valence-corrected chi connectivity index (χ3v) is 3.09. The van der Waals surface area contributed by atoms with Gasteiger partial charge in [-0.3, -0.25) is 0 Å². The highest BCUT2D eigenvalue weighted by Gasteiger charge is 2.04. The molecule has 0 aliphatic rings. The Morgan fingerprint density at radius 1 is 1.40 bits per heavy atom. The number of hydrogen-bond donors (Lipinski definition) is 0. The van der Waals surface area contributed by atoms with Gasteiger partial charge in [-0.1, -0.05) is 50.3 Å². The summed E-state index contributed by atoms with van der Waals surface area (Å²) in [6.07, 6.45) is 8.38. The Kier molecular flexibility index (Phi) is 5.27. The van der Waals surface area contributed by atoms with Gasteiger partial charge in [-0.15, -0.1) is 11.8 Å². The van der Waals surface area contributed by atoms with Crippen LogP contribution >= 0.6 is 11.8 Å². The molecule has 0 saturated carbocycles. The highest BCUT2D eigenvalue weighted by Crippen LogP contribution is 2.28. The fourth-order valence-electron chi connectivity index (χ4n) is 1.62. The maximum atomic E-state index is 3.76. The second kappa shape index (κ2) is 6.52. The Morgan fingerprint density at radius 2 is 2.13 bits per heavy atom. The largest absolute Gasteiger partial charge is 0.129 e. The predicted octanol–water partition coefficient (Wildman–Crippen LogP) is 4.53. The molecular formula is C14H18S. The standard InChI is InChI=1S/C14H18S/c1-4-8-12-10-6-7-11-13(12)14(15-3)9-5-2/h5-7,9-11H,2,4,8H2,1,3H3/b14-9-. The molecule has 0 aliphatic heterocycles. The van der Waals surface area contributed by atoms with Gasteiger partial charge in [0.2, 0.25) is 0 Å². The molecular weight excluding hydrogens is 200 g/mol. The van der Waals surface area contributed by atoms with Crippen molar-refractivity contribution in [3.05, 3.63) is 54.1 Å². The molecule has 0 saturated heterocycles. The van der Waals surface area contributed by atoms with E-state index in [4.69, 9.17) is 0 Å². The monoisotopic (exact) mass is 218 g/mol. The first-order valence-corrected chi connectivity index (χ1v) is 6.51. The maximum absolute atomic E-state index is 3.76. The van der Waals surface area contributed by atoms with E-state index in [1.807, 2.05) is 6.08 Å². The highest BCUT2D eigenvalue weighted by molar-refractivity contribution is 8.07. The van der Waals surface area contributed by atoms with Gasteiger partial charge in [0.1, 0.15) is 0 Å². The number of hydrogen-bond acceptors (Lipinski definition) is 1. The third-order valence-electron chi connectivity index (χ3n) is 2.29. The Bertz CT molecular complexity index is 350. The Labute approximate surface area is 97.1 Å². The van der Waals surface area contributed by atoms with Crippen LogP contribution in [0, 0.1) is 0 Å². The SMILES string of the molecule is C=C/C=C(\SC)c1ccccc1CCC. The van der Waals surface area contributed by atoms with Crippen LogP contribution in [0.15, 0.2) is 43.0 Å². The molecule has 0 N–H and O–H groups in total. The van der Waals surface area contributed by atoms with Gasteiger partial charge in [-0.2, -0.15) is 0 Å². The molecule has 0 atom stereocenters. The Balaban J connectivity index is 3.10. The molecule has 1 rings (SSSR count). The van der Waals surface area contributed by atoms with Crippen LogP contribution in [-0.2, 0) is 6.42 Å². The second-order valence-corrected chi connectivity index (χ2v) is 4.23. The van der Waals surface area contributed by atoms with Crippen LogP contribution < -0.4 is 0 Å². The summed E-state index contributed by atoms with van der Waals surface area (Å²) in [5.41, 5.74) is 2.79. The topological polar surface area (TPSA) is 0 Å². The lowest BCUT2D eigenvalue weighted by Gasteiger charge is -2.10. The molecule has 0 radical (unpaired) electrons. The second-order valence-electron chi connectivity index (χ2n) is 3.38. The molecule has 0 unspecified atom stereocenters. The highest BCUT2D eigenvalue weighted by atomic mass is 32.2. The predicted molar refractivity (Wildman–Crippen MR) is 72.1 cm³/mol. The van der Waals surface area contributed by atoms with Crippen molar-refractivity contribution in [3.8, 4) is 0 Å². The summed E-state index contributed by atoms with van der Waals surface area (Å²) in [4.78, 5) is 1.30. The first-order valence-electron chi connectivity index (χ1n) is 5.28. The Morgan fingerprint density at radius 3 is 2.73 bits per heavy atom.